The van der Waals surface area contributed by atoms with E-state index >= 15 is 0 Å². The molecule has 2 atom stereocenters. The van der Waals surface area contributed by atoms with Crippen molar-refractivity contribution in [2.45, 2.75) is 64.6 Å². The zero-order valence-electron chi connectivity index (χ0n) is 13.1. The van der Waals surface area contributed by atoms with Crippen molar-refractivity contribution in [3.63, 3.8) is 0 Å². The highest BCUT2D eigenvalue weighted by atomic mass is 28.4. The van der Waals surface area contributed by atoms with Gasteiger partial charge in [0.25, 0.3) is 0 Å². The van der Waals surface area contributed by atoms with Crippen LogP contribution in [0.3, 0.4) is 0 Å². The van der Waals surface area contributed by atoms with Crippen molar-refractivity contribution in [3.05, 3.63) is 11.6 Å². The predicted molar refractivity (Wildman–Crippen MR) is 81.7 cm³/mol. The average Bonchev–Trinajstić information content (AvgIpc) is 2.72. The number of allylic oxidation sites excluding steroid dienone is 1. The number of hydrogen-bond acceptors (Lipinski definition) is 2. The molecule has 2 rings (SSSR count). The van der Waals surface area contributed by atoms with Gasteiger partial charge in [-0.25, -0.2) is 0 Å². The van der Waals surface area contributed by atoms with Crippen molar-refractivity contribution in [1.82, 2.24) is 0 Å². The number of fused-ring (bicyclic) bond motifs is 1. The van der Waals surface area contributed by atoms with Crippen molar-refractivity contribution in [2.75, 3.05) is 6.61 Å². The van der Waals surface area contributed by atoms with Crippen molar-refractivity contribution >= 4 is 14.1 Å². The van der Waals surface area contributed by atoms with E-state index in [1.807, 2.05) is 0 Å². The first-order chi connectivity index (χ1) is 8.69. The maximum absolute atomic E-state index is 11.4. The summed E-state index contributed by atoms with van der Waals surface area (Å²) >= 11 is 0. The van der Waals surface area contributed by atoms with Crippen LogP contribution in [0.5, 0.6) is 0 Å². The smallest absolute Gasteiger partial charge is 0.192 e. The second kappa shape index (κ2) is 5.17. The number of rotatable bonds is 3. The van der Waals surface area contributed by atoms with Gasteiger partial charge in [-0.15, -0.1) is 0 Å². The molecule has 2 aliphatic rings. The molecule has 108 valence electrons. The Morgan fingerprint density at radius 2 is 1.68 bits per heavy atom. The van der Waals surface area contributed by atoms with E-state index < -0.39 is 8.32 Å². The molecule has 0 saturated heterocycles. The van der Waals surface area contributed by atoms with Crippen LogP contribution in [0, 0.1) is 11.8 Å². The maximum atomic E-state index is 11.4. The fourth-order valence-electron chi connectivity index (χ4n) is 2.99. The van der Waals surface area contributed by atoms with E-state index in [1.54, 1.807) is 0 Å². The molecule has 19 heavy (non-hydrogen) atoms. The molecule has 0 aromatic carbocycles. The zero-order chi connectivity index (χ0) is 14.3. The van der Waals surface area contributed by atoms with Crippen LogP contribution in [-0.4, -0.2) is 20.7 Å². The third-order valence-electron chi connectivity index (χ3n) is 5.32. The van der Waals surface area contributed by atoms with Gasteiger partial charge in [0.15, 0.2) is 8.32 Å². The first-order valence-corrected chi connectivity index (χ1v) is 10.4. The molecule has 2 nitrogen and oxygen atoms in total. The lowest BCUT2D eigenvalue weighted by Gasteiger charge is -2.35. The molecule has 0 amide bonds. The van der Waals surface area contributed by atoms with Gasteiger partial charge in [0.1, 0.15) is 5.78 Å². The predicted octanol–water partition coefficient (Wildman–Crippen LogP) is 4.32. The summed E-state index contributed by atoms with van der Waals surface area (Å²) in [5.74, 6) is 1.77. The SMILES string of the molecule is CC(C)(C)[Si](C)(C)OCC=C1C[C@H]2CC(=O)C[C@H]2C1. The molecule has 0 aromatic heterocycles. The Labute approximate surface area is 118 Å². The topological polar surface area (TPSA) is 26.3 Å². The van der Waals surface area contributed by atoms with Gasteiger partial charge >= 0.3 is 0 Å². The van der Waals surface area contributed by atoms with E-state index in [1.165, 1.54) is 5.57 Å². The third kappa shape index (κ3) is 3.37. The van der Waals surface area contributed by atoms with Crippen LogP contribution in [0.15, 0.2) is 11.6 Å². The van der Waals surface area contributed by atoms with E-state index in [0.29, 0.717) is 17.6 Å². The summed E-state index contributed by atoms with van der Waals surface area (Å²) in [5, 5.41) is 0.282. The summed E-state index contributed by atoms with van der Waals surface area (Å²) in [6.07, 6.45) is 6.22. The number of carbonyl (C=O) groups excluding carboxylic acids is 1. The normalized spacial score (nSPS) is 30.2. The van der Waals surface area contributed by atoms with Crippen LogP contribution in [-0.2, 0) is 9.22 Å². The number of Topliss-reactive ketones (excluding diaryl/α,β-unsaturated/α-hetero) is 1. The molecule has 3 heteroatoms. The first kappa shape index (κ1) is 15.0. The lowest BCUT2D eigenvalue weighted by atomic mass is 10.0. The molecule has 0 aliphatic heterocycles. The van der Waals surface area contributed by atoms with Crippen molar-refractivity contribution in [3.8, 4) is 0 Å². The van der Waals surface area contributed by atoms with Crippen molar-refractivity contribution in [1.29, 1.82) is 0 Å². The Kier molecular flexibility index (Phi) is 4.08. The zero-order valence-corrected chi connectivity index (χ0v) is 14.1. The van der Waals surface area contributed by atoms with Gasteiger partial charge in [-0.3, -0.25) is 4.79 Å². The van der Waals surface area contributed by atoms with Crippen LogP contribution < -0.4 is 0 Å². The molecule has 0 aromatic rings. The molecular formula is C16H28O2Si. The van der Waals surface area contributed by atoms with Crippen molar-refractivity contribution < 1.29 is 9.22 Å². The third-order valence-corrected chi connectivity index (χ3v) is 9.82. The average molecular weight is 280 g/mol. The molecular weight excluding hydrogens is 252 g/mol. The van der Waals surface area contributed by atoms with Gasteiger partial charge < -0.3 is 4.43 Å². The molecule has 0 spiro atoms. The van der Waals surface area contributed by atoms with Crippen molar-refractivity contribution in [2.24, 2.45) is 11.8 Å². The van der Waals surface area contributed by atoms with Gasteiger partial charge in [0, 0.05) is 12.8 Å². The van der Waals surface area contributed by atoms with E-state index in [0.717, 1.165) is 32.3 Å². The molecule has 2 aliphatic carbocycles. The Morgan fingerprint density at radius 3 is 2.16 bits per heavy atom. The highest BCUT2D eigenvalue weighted by Crippen LogP contribution is 2.45. The van der Waals surface area contributed by atoms with Crippen LogP contribution in [0.25, 0.3) is 0 Å². The highest BCUT2D eigenvalue weighted by Gasteiger charge is 2.39. The number of hydrogen-bond donors (Lipinski definition) is 0. The molecule has 0 N–H and O–H groups in total. The Bertz CT molecular complexity index is 372. The van der Waals surface area contributed by atoms with E-state index in [9.17, 15) is 4.79 Å². The van der Waals surface area contributed by atoms with Crippen LogP contribution >= 0.6 is 0 Å². The monoisotopic (exact) mass is 280 g/mol. The molecule has 2 saturated carbocycles. The standard InChI is InChI=1S/C16H28O2Si/c1-16(2,3)19(4,5)18-7-6-12-8-13-10-15(17)11-14(13)9-12/h6,13-14H,7-11H2,1-5H3/t13-,14+. The minimum atomic E-state index is -1.61. The van der Waals surface area contributed by atoms with Gasteiger partial charge in [-0.2, -0.15) is 0 Å². The second-order valence-electron chi connectivity index (χ2n) is 7.81. The molecule has 2 fully saturated rings. The Balaban J connectivity index is 1.84. The van der Waals surface area contributed by atoms with E-state index in [-0.39, 0.29) is 5.04 Å². The lowest BCUT2D eigenvalue weighted by molar-refractivity contribution is -0.117. The van der Waals surface area contributed by atoms with Crippen LogP contribution in [0.2, 0.25) is 18.1 Å². The number of carbonyl (C=O) groups is 1. The summed E-state index contributed by atoms with van der Waals surface area (Å²) in [6.45, 7) is 12.2. The van der Waals surface area contributed by atoms with Crippen LogP contribution in [0.1, 0.15) is 46.5 Å². The van der Waals surface area contributed by atoms with E-state index in [2.05, 4.69) is 39.9 Å². The van der Waals surface area contributed by atoms with Crippen LogP contribution in [0.4, 0.5) is 0 Å². The summed E-state index contributed by atoms with van der Waals surface area (Å²) in [4.78, 5) is 11.4. The second-order valence-corrected chi connectivity index (χ2v) is 12.6. The fraction of sp³-hybridized carbons (Fsp3) is 0.812. The number of ketones is 1. The largest absolute Gasteiger partial charge is 0.413 e. The summed E-state index contributed by atoms with van der Waals surface area (Å²) in [5.41, 5.74) is 1.53. The van der Waals surface area contributed by atoms with Gasteiger partial charge in [-0.05, 0) is 42.8 Å². The Morgan fingerprint density at radius 1 is 1.16 bits per heavy atom. The lowest BCUT2D eigenvalue weighted by Crippen LogP contribution is -2.40. The molecule has 0 unspecified atom stereocenters. The summed E-state index contributed by atoms with van der Waals surface area (Å²) < 4.78 is 6.19. The quantitative estimate of drug-likeness (QED) is 0.568. The maximum Gasteiger partial charge on any atom is 0.192 e. The van der Waals surface area contributed by atoms with Gasteiger partial charge in [-0.1, -0.05) is 32.4 Å². The highest BCUT2D eigenvalue weighted by molar-refractivity contribution is 6.74. The van der Waals surface area contributed by atoms with Gasteiger partial charge in [0.05, 0.1) is 6.61 Å². The molecule has 0 radical (unpaired) electrons. The molecule has 0 heterocycles. The first-order valence-electron chi connectivity index (χ1n) is 7.52. The summed E-state index contributed by atoms with van der Waals surface area (Å²) in [7, 11) is -1.61. The molecule has 0 bridgehead atoms. The summed E-state index contributed by atoms with van der Waals surface area (Å²) in [6, 6.07) is 0. The van der Waals surface area contributed by atoms with E-state index in [4.69, 9.17) is 4.43 Å². The fourth-order valence-corrected chi connectivity index (χ4v) is 3.92. The minimum Gasteiger partial charge on any atom is -0.413 e. The Hall–Kier alpha value is -0.413. The minimum absolute atomic E-state index is 0.282. The van der Waals surface area contributed by atoms with Gasteiger partial charge in [0.2, 0.25) is 0 Å².